The third-order valence-electron chi connectivity index (χ3n) is 7.73. The Labute approximate surface area is 112 Å². The first kappa shape index (κ1) is 11.6. The van der Waals surface area contributed by atoms with E-state index in [1.54, 1.807) is 24.8 Å². The van der Waals surface area contributed by atoms with Crippen LogP contribution >= 0.6 is 0 Å². The number of allylic oxidation sites excluding steroid dienone is 2. The van der Waals surface area contributed by atoms with Gasteiger partial charge in [-0.25, -0.2) is 0 Å². The zero-order chi connectivity index (χ0) is 12.5. The zero-order valence-corrected chi connectivity index (χ0v) is 12.3. The predicted octanol–water partition coefficient (Wildman–Crippen LogP) is 5.05. The molecule has 0 heterocycles. The summed E-state index contributed by atoms with van der Waals surface area (Å²) in [4.78, 5) is 0. The number of fused-ring (bicyclic) bond motifs is 5. The number of hydrogen-bond acceptors (Lipinski definition) is 0. The summed E-state index contributed by atoms with van der Waals surface area (Å²) < 4.78 is 0. The lowest BCUT2D eigenvalue weighted by molar-refractivity contribution is 0.156. The van der Waals surface area contributed by atoms with Crippen molar-refractivity contribution in [3.63, 3.8) is 0 Å². The Morgan fingerprint density at radius 1 is 1.22 bits per heavy atom. The Kier molecular flexibility index (Phi) is 2.34. The lowest BCUT2D eigenvalue weighted by Crippen LogP contribution is -2.26. The molecule has 0 saturated heterocycles. The molecule has 7 unspecified atom stereocenters. The van der Waals surface area contributed by atoms with Crippen molar-refractivity contribution in [3.05, 3.63) is 11.6 Å². The minimum Gasteiger partial charge on any atom is -0.0850 e. The van der Waals surface area contributed by atoms with Crippen molar-refractivity contribution in [1.29, 1.82) is 0 Å². The molecule has 0 nitrogen and oxygen atoms in total. The molecule has 0 aromatic carbocycles. The van der Waals surface area contributed by atoms with Gasteiger partial charge in [-0.15, -0.1) is 0 Å². The third-order valence-corrected chi connectivity index (χ3v) is 7.73. The molecule has 0 bridgehead atoms. The van der Waals surface area contributed by atoms with Crippen molar-refractivity contribution in [1.82, 2.24) is 0 Å². The van der Waals surface area contributed by atoms with Gasteiger partial charge in [0.05, 0.1) is 0 Å². The quantitative estimate of drug-likeness (QED) is 0.566. The molecule has 0 aromatic heterocycles. The molecule has 4 rings (SSSR count). The maximum atomic E-state index is 2.65. The smallest absolute Gasteiger partial charge is 0.0169 e. The van der Waals surface area contributed by atoms with E-state index in [0.717, 1.165) is 40.9 Å². The highest BCUT2D eigenvalue weighted by atomic mass is 14.7. The van der Waals surface area contributed by atoms with Crippen LogP contribution in [0.4, 0.5) is 0 Å². The summed E-state index contributed by atoms with van der Waals surface area (Å²) in [6.07, 6.45) is 11.6. The van der Waals surface area contributed by atoms with Gasteiger partial charge in [0.15, 0.2) is 0 Å². The average molecular weight is 244 g/mol. The molecular formula is C18H28. The van der Waals surface area contributed by atoms with Crippen molar-refractivity contribution < 1.29 is 0 Å². The van der Waals surface area contributed by atoms with Crippen molar-refractivity contribution in [2.75, 3.05) is 0 Å². The predicted molar refractivity (Wildman–Crippen MR) is 76.2 cm³/mol. The first-order valence-corrected chi connectivity index (χ1v) is 8.31. The first-order valence-electron chi connectivity index (χ1n) is 8.31. The highest BCUT2D eigenvalue weighted by Crippen LogP contribution is 2.69. The molecule has 7 atom stereocenters. The van der Waals surface area contributed by atoms with Crippen molar-refractivity contribution in [3.8, 4) is 0 Å². The molecule has 0 aliphatic heterocycles. The number of hydrogen-bond donors (Lipinski definition) is 0. The molecule has 0 heteroatoms. The molecule has 0 aromatic rings. The molecule has 4 aliphatic carbocycles. The van der Waals surface area contributed by atoms with E-state index in [1.165, 1.54) is 19.3 Å². The van der Waals surface area contributed by atoms with Gasteiger partial charge in [-0.1, -0.05) is 31.9 Å². The van der Waals surface area contributed by atoms with Crippen LogP contribution in [0.15, 0.2) is 11.6 Å². The summed E-state index contributed by atoms with van der Waals surface area (Å²) in [5.74, 6) is 6.37. The lowest BCUT2D eigenvalue weighted by atomic mass is 9.71. The minimum atomic E-state index is 0.728. The van der Waals surface area contributed by atoms with Crippen LogP contribution in [0.5, 0.6) is 0 Å². The topological polar surface area (TPSA) is 0 Å². The summed E-state index contributed by atoms with van der Waals surface area (Å²) in [7, 11) is 0. The average Bonchev–Trinajstić information content (AvgIpc) is 2.99. The summed E-state index contributed by atoms with van der Waals surface area (Å²) in [5, 5.41) is 0. The monoisotopic (exact) mass is 244 g/mol. The Balaban J connectivity index is 1.63. The van der Waals surface area contributed by atoms with Crippen LogP contribution in [-0.4, -0.2) is 0 Å². The van der Waals surface area contributed by atoms with E-state index < -0.39 is 0 Å². The van der Waals surface area contributed by atoms with E-state index in [9.17, 15) is 0 Å². The van der Waals surface area contributed by atoms with Gasteiger partial charge in [0, 0.05) is 0 Å². The maximum absolute atomic E-state index is 2.65. The van der Waals surface area contributed by atoms with Gasteiger partial charge in [0.2, 0.25) is 0 Å². The molecule has 100 valence electrons. The van der Waals surface area contributed by atoms with E-state index in [-0.39, 0.29) is 0 Å². The van der Waals surface area contributed by atoms with E-state index in [1.807, 2.05) is 0 Å². The Hall–Kier alpha value is -0.260. The normalized spacial score (nSPS) is 57.4. The second kappa shape index (κ2) is 3.64. The van der Waals surface area contributed by atoms with E-state index in [2.05, 4.69) is 26.8 Å². The largest absolute Gasteiger partial charge is 0.0850 e. The van der Waals surface area contributed by atoms with Crippen LogP contribution in [-0.2, 0) is 0 Å². The number of rotatable bonds is 1. The van der Waals surface area contributed by atoms with E-state index in [0.29, 0.717) is 0 Å². The molecule has 18 heavy (non-hydrogen) atoms. The Bertz CT molecular complexity index is 393. The molecule has 0 N–H and O–H groups in total. The summed E-state index contributed by atoms with van der Waals surface area (Å²) in [6.45, 7) is 7.48. The Morgan fingerprint density at radius 2 is 2.06 bits per heavy atom. The van der Waals surface area contributed by atoms with Gasteiger partial charge >= 0.3 is 0 Å². The second-order valence-corrected chi connectivity index (χ2v) is 8.02. The van der Waals surface area contributed by atoms with Gasteiger partial charge < -0.3 is 0 Å². The fourth-order valence-electron chi connectivity index (χ4n) is 6.90. The maximum Gasteiger partial charge on any atom is -0.0169 e. The summed E-state index contributed by atoms with van der Waals surface area (Å²) >= 11 is 0. The SMILES string of the molecule is CCC1CCC2C3CC4C(C)=CCC4C3CC12C. The van der Waals surface area contributed by atoms with Gasteiger partial charge in [-0.3, -0.25) is 0 Å². The van der Waals surface area contributed by atoms with Crippen LogP contribution in [0.2, 0.25) is 0 Å². The summed E-state index contributed by atoms with van der Waals surface area (Å²) in [6, 6.07) is 0. The van der Waals surface area contributed by atoms with Crippen LogP contribution < -0.4 is 0 Å². The standard InChI is InChI=1S/C18H28/c1-4-12-6-8-17-15-9-14-11(2)5-7-13(14)16(15)10-18(12,17)3/h5,12-17H,4,6-10H2,1-3H3. The van der Waals surface area contributed by atoms with Crippen LogP contribution in [0.25, 0.3) is 0 Å². The first-order chi connectivity index (χ1) is 8.65. The second-order valence-electron chi connectivity index (χ2n) is 8.02. The van der Waals surface area contributed by atoms with Crippen molar-refractivity contribution in [2.24, 2.45) is 40.9 Å². The molecule has 0 radical (unpaired) electrons. The minimum absolute atomic E-state index is 0.728. The van der Waals surface area contributed by atoms with Crippen LogP contribution in [0, 0.1) is 40.9 Å². The molecular weight excluding hydrogens is 216 g/mol. The zero-order valence-electron chi connectivity index (χ0n) is 12.3. The molecule has 0 amide bonds. The third kappa shape index (κ3) is 1.23. The lowest BCUT2D eigenvalue weighted by Gasteiger charge is -2.34. The molecule has 4 aliphatic rings. The van der Waals surface area contributed by atoms with Gasteiger partial charge in [0.1, 0.15) is 0 Å². The Morgan fingerprint density at radius 3 is 2.83 bits per heavy atom. The van der Waals surface area contributed by atoms with Gasteiger partial charge in [-0.2, -0.15) is 0 Å². The van der Waals surface area contributed by atoms with Crippen LogP contribution in [0.1, 0.15) is 59.3 Å². The summed E-state index contributed by atoms with van der Waals surface area (Å²) in [5.41, 5.74) is 2.46. The fourth-order valence-corrected chi connectivity index (χ4v) is 6.90. The highest BCUT2D eigenvalue weighted by Gasteiger charge is 2.62. The van der Waals surface area contributed by atoms with Gasteiger partial charge in [-0.05, 0) is 80.0 Å². The van der Waals surface area contributed by atoms with Gasteiger partial charge in [0.25, 0.3) is 0 Å². The fraction of sp³-hybridized carbons (Fsp3) is 0.889. The van der Waals surface area contributed by atoms with Crippen molar-refractivity contribution in [2.45, 2.75) is 59.3 Å². The molecule has 3 fully saturated rings. The molecule has 0 spiro atoms. The van der Waals surface area contributed by atoms with Crippen molar-refractivity contribution >= 4 is 0 Å². The molecule has 3 saturated carbocycles. The van der Waals surface area contributed by atoms with Crippen LogP contribution in [0.3, 0.4) is 0 Å². The van der Waals surface area contributed by atoms with E-state index >= 15 is 0 Å². The van der Waals surface area contributed by atoms with E-state index in [4.69, 9.17) is 0 Å². The highest BCUT2D eigenvalue weighted by molar-refractivity contribution is 5.21.